The predicted molar refractivity (Wildman–Crippen MR) is 82.6 cm³/mol. The van der Waals surface area contributed by atoms with Crippen molar-refractivity contribution in [2.75, 3.05) is 0 Å². The number of fused-ring (bicyclic) bond motifs is 4. The molecule has 0 N–H and O–H groups in total. The van der Waals surface area contributed by atoms with Gasteiger partial charge in [0.2, 0.25) is 0 Å². The Labute approximate surface area is 128 Å². The summed E-state index contributed by atoms with van der Waals surface area (Å²) in [6.07, 6.45) is 11.4. The van der Waals surface area contributed by atoms with Gasteiger partial charge in [-0.25, -0.2) is 0 Å². The number of hydrogen-bond acceptors (Lipinski definition) is 2. The molecule has 0 aromatic carbocycles. The molecule has 3 saturated carbocycles. The second-order valence-electron chi connectivity index (χ2n) is 8.58. The molecule has 0 spiro atoms. The van der Waals surface area contributed by atoms with E-state index in [1.807, 2.05) is 0 Å². The molecule has 3 fully saturated rings. The van der Waals surface area contributed by atoms with Crippen molar-refractivity contribution in [1.82, 2.24) is 0 Å². The summed E-state index contributed by atoms with van der Waals surface area (Å²) in [6.45, 7) is 6.99. The molecule has 0 heterocycles. The van der Waals surface area contributed by atoms with E-state index in [2.05, 4.69) is 32.9 Å². The van der Waals surface area contributed by atoms with Crippen LogP contribution < -0.4 is 0 Å². The third-order valence-corrected chi connectivity index (χ3v) is 7.47. The van der Waals surface area contributed by atoms with Crippen molar-refractivity contribution in [2.24, 2.45) is 35.0 Å². The lowest BCUT2D eigenvalue weighted by atomic mass is 9.76. The Morgan fingerprint density at radius 1 is 1.24 bits per heavy atom. The lowest BCUT2D eigenvalue weighted by molar-refractivity contribution is -0.174. The van der Waals surface area contributed by atoms with Crippen LogP contribution in [-0.2, 0) is 9.53 Å². The van der Waals surface area contributed by atoms with Gasteiger partial charge in [0.1, 0.15) is 5.60 Å². The molecule has 21 heavy (non-hydrogen) atoms. The normalized spacial score (nSPS) is 49.0. The Bertz CT molecular complexity index is 492. The molecule has 0 saturated heterocycles. The van der Waals surface area contributed by atoms with Gasteiger partial charge in [0, 0.05) is 5.92 Å². The summed E-state index contributed by atoms with van der Waals surface area (Å²) >= 11 is 0. The quantitative estimate of drug-likeness (QED) is 0.570. The number of esters is 1. The fourth-order valence-corrected chi connectivity index (χ4v) is 6.17. The molecule has 0 aromatic heterocycles. The number of ether oxygens (including phenoxy) is 1. The molecule has 2 nitrogen and oxygen atoms in total. The van der Waals surface area contributed by atoms with Gasteiger partial charge in [-0.05, 0) is 61.7 Å². The molecule has 0 aromatic rings. The van der Waals surface area contributed by atoms with Gasteiger partial charge in [-0.1, -0.05) is 32.9 Å². The molecule has 6 unspecified atom stereocenters. The third-order valence-electron chi connectivity index (χ3n) is 7.47. The van der Waals surface area contributed by atoms with Crippen molar-refractivity contribution in [3.05, 3.63) is 12.2 Å². The first kappa shape index (κ1) is 13.8. The third kappa shape index (κ3) is 1.80. The van der Waals surface area contributed by atoms with E-state index < -0.39 is 0 Å². The molecule has 4 aliphatic carbocycles. The van der Waals surface area contributed by atoms with Crippen LogP contribution in [-0.4, -0.2) is 11.6 Å². The van der Waals surface area contributed by atoms with Crippen molar-refractivity contribution in [3.8, 4) is 0 Å². The smallest absolute Gasteiger partial charge is 0.310 e. The molecule has 2 heteroatoms. The van der Waals surface area contributed by atoms with Crippen molar-refractivity contribution < 1.29 is 9.53 Å². The fraction of sp³-hybridized carbons (Fsp3) is 0.842. The maximum absolute atomic E-state index is 12.8. The number of carbonyl (C=O) groups is 1. The van der Waals surface area contributed by atoms with Crippen LogP contribution in [0.5, 0.6) is 0 Å². The zero-order valence-electron chi connectivity index (χ0n) is 13.6. The first-order chi connectivity index (χ1) is 9.96. The van der Waals surface area contributed by atoms with E-state index in [4.69, 9.17) is 4.74 Å². The van der Waals surface area contributed by atoms with Crippen molar-refractivity contribution >= 4 is 5.97 Å². The summed E-state index contributed by atoms with van der Waals surface area (Å²) in [7, 11) is 0. The van der Waals surface area contributed by atoms with E-state index in [1.54, 1.807) is 0 Å². The Morgan fingerprint density at radius 3 is 2.52 bits per heavy atom. The van der Waals surface area contributed by atoms with Gasteiger partial charge < -0.3 is 4.74 Å². The Morgan fingerprint density at radius 2 is 2.05 bits per heavy atom. The summed E-state index contributed by atoms with van der Waals surface area (Å²) in [5.41, 5.74) is 0.194. The topological polar surface area (TPSA) is 26.3 Å². The highest BCUT2D eigenvalue weighted by Crippen LogP contribution is 2.64. The van der Waals surface area contributed by atoms with Gasteiger partial charge in [-0.2, -0.15) is 0 Å². The lowest BCUT2D eigenvalue weighted by Crippen LogP contribution is -2.43. The summed E-state index contributed by atoms with van der Waals surface area (Å²) in [5, 5.41) is 0. The van der Waals surface area contributed by atoms with Crippen molar-refractivity contribution in [2.45, 2.75) is 64.9 Å². The van der Waals surface area contributed by atoms with Gasteiger partial charge >= 0.3 is 5.97 Å². The molecule has 0 aliphatic heterocycles. The van der Waals surface area contributed by atoms with E-state index in [0.29, 0.717) is 23.2 Å². The monoisotopic (exact) mass is 288 g/mol. The average Bonchev–Trinajstić information content (AvgIpc) is 3.18. The van der Waals surface area contributed by atoms with Crippen LogP contribution >= 0.6 is 0 Å². The first-order valence-electron chi connectivity index (χ1n) is 8.87. The first-order valence-corrected chi connectivity index (χ1v) is 8.87. The summed E-state index contributed by atoms with van der Waals surface area (Å²) < 4.78 is 6.28. The zero-order chi connectivity index (χ0) is 14.8. The van der Waals surface area contributed by atoms with E-state index in [0.717, 1.165) is 25.2 Å². The minimum absolute atomic E-state index is 0.108. The number of rotatable bonds is 3. The average molecular weight is 288 g/mol. The van der Waals surface area contributed by atoms with Crippen molar-refractivity contribution in [3.63, 3.8) is 0 Å². The van der Waals surface area contributed by atoms with Crippen LogP contribution in [0.2, 0.25) is 0 Å². The minimum Gasteiger partial charge on any atom is -0.459 e. The molecule has 4 aliphatic rings. The van der Waals surface area contributed by atoms with Crippen LogP contribution in [0.4, 0.5) is 0 Å². The highest BCUT2D eigenvalue weighted by molar-refractivity contribution is 5.74. The largest absolute Gasteiger partial charge is 0.459 e. The Kier molecular flexibility index (Phi) is 2.88. The molecule has 4 rings (SSSR count). The van der Waals surface area contributed by atoms with Gasteiger partial charge in [0.15, 0.2) is 0 Å². The second-order valence-corrected chi connectivity index (χ2v) is 8.58. The van der Waals surface area contributed by atoms with Crippen LogP contribution in [0, 0.1) is 35.0 Å². The zero-order valence-corrected chi connectivity index (χ0v) is 13.6. The van der Waals surface area contributed by atoms with E-state index >= 15 is 0 Å². The maximum atomic E-state index is 12.8. The highest BCUT2D eigenvalue weighted by Gasteiger charge is 2.62. The van der Waals surface area contributed by atoms with Gasteiger partial charge in [-0.15, -0.1) is 0 Å². The molecule has 0 radical (unpaired) electrons. The van der Waals surface area contributed by atoms with E-state index in [9.17, 15) is 4.79 Å². The number of hydrogen-bond donors (Lipinski definition) is 0. The summed E-state index contributed by atoms with van der Waals surface area (Å²) in [5.74, 6) is 2.67. The summed E-state index contributed by atoms with van der Waals surface area (Å²) in [6, 6.07) is 0. The minimum atomic E-state index is -0.158. The van der Waals surface area contributed by atoms with Crippen LogP contribution in [0.25, 0.3) is 0 Å². The standard InChI is InChI=1S/C19H28O2/c1-4-19(11-14-7-8-16(19)18(14,2)3)21-17(20)15-10-12-5-6-13(15)9-12/h5-6,12-16H,4,7-11H2,1-3H3. The van der Waals surface area contributed by atoms with Gasteiger partial charge in [-0.3, -0.25) is 4.79 Å². The van der Waals surface area contributed by atoms with Gasteiger partial charge in [0.05, 0.1) is 5.92 Å². The number of allylic oxidation sites excluding steroid dienone is 2. The molecule has 0 amide bonds. The lowest BCUT2D eigenvalue weighted by Gasteiger charge is -2.39. The second kappa shape index (κ2) is 4.36. The van der Waals surface area contributed by atoms with Crippen LogP contribution in [0.15, 0.2) is 12.2 Å². The van der Waals surface area contributed by atoms with Crippen LogP contribution in [0.1, 0.15) is 59.3 Å². The van der Waals surface area contributed by atoms with E-state index in [-0.39, 0.29) is 17.5 Å². The molecular weight excluding hydrogens is 260 g/mol. The Hall–Kier alpha value is -0.790. The maximum Gasteiger partial charge on any atom is 0.310 e. The molecule has 4 bridgehead atoms. The van der Waals surface area contributed by atoms with Crippen molar-refractivity contribution in [1.29, 1.82) is 0 Å². The Balaban J connectivity index is 1.53. The number of carbonyl (C=O) groups excluding carboxylic acids is 1. The molecular formula is C19H28O2. The van der Waals surface area contributed by atoms with E-state index in [1.165, 1.54) is 19.3 Å². The molecule has 6 atom stereocenters. The summed E-state index contributed by atoms with van der Waals surface area (Å²) in [4.78, 5) is 12.8. The SMILES string of the molecule is CCC1(OC(=O)C2CC3C=CC2C3)CC2CCC1C2(C)C. The molecule has 116 valence electrons. The fourth-order valence-electron chi connectivity index (χ4n) is 6.17. The predicted octanol–water partition coefficient (Wildman–Crippen LogP) is 4.35. The highest BCUT2D eigenvalue weighted by atomic mass is 16.6. The van der Waals surface area contributed by atoms with Gasteiger partial charge in [0.25, 0.3) is 0 Å². The van der Waals surface area contributed by atoms with Crippen LogP contribution in [0.3, 0.4) is 0 Å².